The molecule has 2 aliphatic rings. The molecule has 1 unspecified atom stereocenters. The molecule has 0 radical (unpaired) electrons. The Morgan fingerprint density at radius 1 is 1.08 bits per heavy atom. The van der Waals surface area contributed by atoms with E-state index in [0.717, 1.165) is 44.5 Å². The van der Waals surface area contributed by atoms with Gasteiger partial charge in [0.05, 0.1) is 6.54 Å². The molecule has 3 rings (SSSR count). The quantitative estimate of drug-likeness (QED) is 0.850. The van der Waals surface area contributed by atoms with Gasteiger partial charge in [-0.3, -0.25) is 14.5 Å². The summed E-state index contributed by atoms with van der Waals surface area (Å²) < 4.78 is 0. The highest BCUT2D eigenvalue weighted by Gasteiger charge is 2.46. The van der Waals surface area contributed by atoms with E-state index in [1.807, 2.05) is 35.2 Å². The summed E-state index contributed by atoms with van der Waals surface area (Å²) in [6.07, 6.45) is 4.35. The van der Waals surface area contributed by atoms with Crippen LogP contribution in [0.25, 0.3) is 0 Å². The summed E-state index contributed by atoms with van der Waals surface area (Å²) in [6, 6.07) is 9.49. The fourth-order valence-corrected chi connectivity index (χ4v) is 3.96. The number of carbonyl (C=O) groups is 2. The van der Waals surface area contributed by atoms with E-state index in [-0.39, 0.29) is 17.4 Å². The van der Waals surface area contributed by atoms with Gasteiger partial charge in [-0.25, -0.2) is 0 Å². The molecular formula is C19H27N3O2. The van der Waals surface area contributed by atoms with E-state index in [9.17, 15) is 9.59 Å². The summed E-state index contributed by atoms with van der Waals surface area (Å²) in [6.45, 7) is 2.93. The van der Waals surface area contributed by atoms with Crippen molar-refractivity contribution in [2.75, 3.05) is 40.3 Å². The minimum absolute atomic E-state index is 0.0195. The highest BCUT2D eigenvalue weighted by molar-refractivity contribution is 5.94. The average molecular weight is 329 g/mol. The molecule has 24 heavy (non-hydrogen) atoms. The van der Waals surface area contributed by atoms with Crippen LogP contribution in [0.4, 0.5) is 0 Å². The van der Waals surface area contributed by atoms with Gasteiger partial charge in [0.1, 0.15) is 0 Å². The Hall–Kier alpha value is -1.88. The molecule has 0 saturated carbocycles. The van der Waals surface area contributed by atoms with E-state index in [1.54, 1.807) is 19.0 Å². The van der Waals surface area contributed by atoms with E-state index in [0.29, 0.717) is 6.54 Å². The van der Waals surface area contributed by atoms with Crippen LogP contribution in [0.2, 0.25) is 0 Å². The van der Waals surface area contributed by atoms with Crippen LogP contribution in [0.15, 0.2) is 30.3 Å². The van der Waals surface area contributed by atoms with Crippen LogP contribution in [0.5, 0.6) is 0 Å². The number of amides is 2. The van der Waals surface area contributed by atoms with Crippen molar-refractivity contribution in [3.8, 4) is 0 Å². The minimum atomic E-state index is -0.0195. The van der Waals surface area contributed by atoms with E-state index in [1.165, 1.54) is 6.42 Å². The normalized spacial score (nSPS) is 24.3. The maximum Gasteiger partial charge on any atom is 0.253 e. The van der Waals surface area contributed by atoms with Crippen molar-refractivity contribution in [2.24, 2.45) is 0 Å². The molecule has 0 aromatic heterocycles. The molecule has 0 N–H and O–H groups in total. The van der Waals surface area contributed by atoms with Gasteiger partial charge in [-0.1, -0.05) is 24.6 Å². The van der Waals surface area contributed by atoms with Gasteiger partial charge >= 0.3 is 0 Å². The smallest absolute Gasteiger partial charge is 0.253 e. The molecule has 1 aromatic rings. The van der Waals surface area contributed by atoms with Crippen molar-refractivity contribution in [3.63, 3.8) is 0 Å². The number of carbonyl (C=O) groups excluding carboxylic acids is 2. The third-order valence-electron chi connectivity index (χ3n) is 5.46. The number of likely N-dealkylation sites (tertiary alicyclic amines) is 2. The number of likely N-dealkylation sites (N-methyl/N-ethyl adjacent to an activating group) is 1. The van der Waals surface area contributed by atoms with Crippen LogP contribution in [0.3, 0.4) is 0 Å². The first-order valence-electron chi connectivity index (χ1n) is 8.81. The summed E-state index contributed by atoms with van der Waals surface area (Å²) in [5.41, 5.74) is 0.732. The molecule has 0 bridgehead atoms. The Kier molecular flexibility index (Phi) is 4.90. The molecule has 2 heterocycles. The first-order chi connectivity index (χ1) is 11.5. The van der Waals surface area contributed by atoms with Gasteiger partial charge in [-0.15, -0.1) is 0 Å². The lowest BCUT2D eigenvalue weighted by molar-refractivity contribution is -0.132. The Bertz CT molecular complexity index is 602. The largest absolute Gasteiger partial charge is 0.348 e. The second-order valence-corrected chi connectivity index (χ2v) is 7.23. The zero-order valence-electron chi connectivity index (χ0n) is 14.7. The first-order valence-corrected chi connectivity index (χ1v) is 8.81. The van der Waals surface area contributed by atoms with Gasteiger partial charge in [0.2, 0.25) is 5.91 Å². The van der Waals surface area contributed by atoms with Crippen LogP contribution >= 0.6 is 0 Å². The third-order valence-corrected chi connectivity index (χ3v) is 5.46. The van der Waals surface area contributed by atoms with Crippen LogP contribution < -0.4 is 0 Å². The lowest BCUT2D eigenvalue weighted by atomic mass is 9.85. The number of hydrogen-bond donors (Lipinski definition) is 0. The number of benzene rings is 1. The molecule has 2 saturated heterocycles. The fourth-order valence-electron chi connectivity index (χ4n) is 3.96. The molecule has 1 spiro atoms. The monoisotopic (exact) mass is 329 g/mol. The fraction of sp³-hybridized carbons (Fsp3) is 0.579. The molecule has 2 aliphatic heterocycles. The van der Waals surface area contributed by atoms with E-state index >= 15 is 0 Å². The lowest BCUT2D eigenvalue weighted by Gasteiger charge is -2.44. The molecule has 2 amide bonds. The number of piperidine rings is 1. The maximum atomic E-state index is 12.7. The van der Waals surface area contributed by atoms with Gasteiger partial charge in [0.15, 0.2) is 0 Å². The molecule has 1 aromatic carbocycles. The standard InChI is InChI=1S/C19H27N3O2/c1-20(2)17(23)14-22-12-7-6-10-19(22)11-13-21(15-19)18(24)16-8-4-3-5-9-16/h3-5,8-9H,6-7,10-15H2,1-2H3. The van der Waals surface area contributed by atoms with Crippen molar-refractivity contribution in [2.45, 2.75) is 31.2 Å². The number of hydrogen-bond acceptors (Lipinski definition) is 3. The van der Waals surface area contributed by atoms with E-state index < -0.39 is 0 Å². The molecular weight excluding hydrogens is 302 g/mol. The molecule has 1 atom stereocenters. The minimum Gasteiger partial charge on any atom is -0.348 e. The summed E-state index contributed by atoms with van der Waals surface area (Å²) in [5.74, 6) is 0.251. The van der Waals surface area contributed by atoms with Gasteiger partial charge < -0.3 is 9.80 Å². The lowest BCUT2D eigenvalue weighted by Crippen LogP contribution is -2.56. The van der Waals surface area contributed by atoms with Crippen molar-refractivity contribution < 1.29 is 9.59 Å². The first kappa shape index (κ1) is 17.0. The summed E-state index contributed by atoms with van der Waals surface area (Å²) in [4.78, 5) is 30.9. The summed E-state index contributed by atoms with van der Waals surface area (Å²) >= 11 is 0. The van der Waals surface area contributed by atoms with Gasteiger partial charge in [-0.2, -0.15) is 0 Å². The summed E-state index contributed by atoms with van der Waals surface area (Å²) in [7, 11) is 3.61. The van der Waals surface area contributed by atoms with Crippen LogP contribution in [0.1, 0.15) is 36.0 Å². The zero-order valence-corrected chi connectivity index (χ0v) is 14.7. The Morgan fingerprint density at radius 3 is 2.54 bits per heavy atom. The van der Waals surface area contributed by atoms with Gasteiger partial charge in [0, 0.05) is 38.3 Å². The Labute approximate surface area is 144 Å². The predicted molar refractivity (Wildman–Crippen MR) is 93.8 cm³/mol. The predicted octanol–water partition coefficient (Wildman–Crippen LogP) is 1.85. The molecule has 130 valence electrons. The molecule has 2 fully saturated rings. The van der Waals surface area contributed by atoms with Gasteiger partial charge in [-0.05, 0) is 37.9 Å². The van der Waals surface area contributed by atoms with Gasteiger partial charge in [0.25, 0.3) is 5.91 Å². The van der Waals surface area contributed by atoms with Crippen molar-refractivity contribution >= 4 is 11.8 Å². The molecule has 0 aliphatic carbocycles. The number of nitrogens with zero attached hydrogens (tertiary/aromatic N) is 3. The Morgan fingerprint density at radius 2 is 1.83 bits per heavy atom. The Balaban J connectivity index is 1.73. The van der Waals surface area contributed by atoms with Crippen molar-refractivity contribution in [1.29, 1.82) is 0 Å². The topological polar surface area (TPSA) is 43.9 Å². The van der Waals surface area contributed by atoms with E-state index in [4.69, 9.17) is 0 Å². The second kappa shape index (κ2) is 6.93. The highest BCUT2D eigenvalue weighted by Crippen LogP contribution is 2.37. The van der Waals surface area contributed by atoms with Crippen LogP contribution in [0, 0.1) is 0 Å². The number of rotatable bonds is 3. The van der Waals surface area contributed by atoms with Crippen molar-refractivity contribution in [1.82, 2.24) is 14.7 Å². The molecule has 5 nitrogen and oxygen atoms in total. The second-order valence-electron chi connectivity index (χ2n) is 7.23. The SMILES string of the molecule is CN(C)C(=O)CN1CCCCC12CCN(C(=O)c1ccccc1)C2. The average Bonchev–Trinajstić information content (AvgIpc) is 3.02. The van der Waals surface area contributed by atoms with Crippen LogP contribution in [-0.4, -0.2) is 72.3 Å². The van der Waals surface area contributed by atoms with Crippen LogP contribution in [-0.2, 0) is 4.79 Å². The summed E-state index contributed by atoms with van der Waals surface area (Å²) in [5, 5.41) is 0. The van der Waals surface area contributed by atoms with E-state index in [2.05, 4.69) is 4.90 Å². The zero-order chi connectivity index (χ0) is 17.2. The third kappa shape index (κ3) is 3.31. The molecule has 5 heteroatoms. The van der Waals surface area contributed by atoms with Crippen molar-refractivity contribution in [3.05, 3.63) is 35.9 Å². The highest BCUT2D eigenvalue weighted by atomic mass is 16.2. The maximum absolute atomic E-state index is 12.7.